The van der Waals surface area contributed by atoms with Crippen molar-refractivity contribution in [2.75, 3.05) is 40.9 Å². The number of rotatable bonds is 6. The third-order valence-electron chi connectivity index (χ3n) is 4.48. The summed E-state index contributed by atoms with van der Waals surface area (Å²) in [6, 6.07) is 4.96. The standard InChI is InChI=1S/C18H24N2O6/c1-19(11-15(21)20-9-5-6-12(10-20)18(23)24)17(22)13-7-4-8-14(25-2)16(13)26-3/h4,7-8,12H,5-6,9-11H2,1-3H3,(H,23,24). The Morgan fingerprint density at radius 1 is 1.27 bits per heavy atom. The fraction of sp³-hybridized carbons (Fsp3) is 0.500. The highest BCUT2D eigenvalue weighted by Crippen LogP contribution is 2.31. The van der Waals surface area contributed by atoms with E-state index in [1.165, 1.54) is 31.1 Å². The van der Waals surface area contributed by atoms with Crippen molar-refractivity contribution in [2.45, 2.75) is 12.8 Å². The number of piperidine rings is 1. The maximum atomic E-state index is 12.7. The number of likely N-dealkylation sites (N-methyl/N-ethyl adjacent to an activating group) is 1. The van der Waals surface area contributed by atoms with Gasteiger partial charge < -0.3 is 24.4 Å². The van der Waals surface area contributed by atoms with Gasteiger partial charge in [-0.3, -0.25) is 14.4 Å². The molecule has 1 fully saturated rings. The predicted octanol–water partition coefficient (Wildman–Crippen LogP) is 1.10. The molecule has 1 unspecified atom stereocenters. The van der Waals surface area contributed by atoms with Crippen LogP contribution in [0.5, 0.6) is 11.5 Å². The SMILES string of the molecule is COc1cccc(C(=O)N(C)CC(=O)N2CCCC(C(=O)O)C2)c1OC. The zero-order chi connectivity index (χ0) is 19.3. The normalized spacial score (nSPS) is 16.7. The Morgan fingerprint density at radius 3 is 2.62 bits per heavy atom. The highest BCUT2D eigenvalue weighted by molar-refractivity contribution is 5.99. The molecule has 2 rings (SSSR count). The second-order valence-electron chi connectivity index (χ2n) is 6.22. The summed E-state index contributed by atoms with van der Waals surface area (Å²) in [4.78, 5) is 39.1. The van der Waals surface area contributed by atoms with Gasteiger partial charge in [-0.15, -0.1) is 0 Å². The first-order chi connectivity index (χ1) is 12.4. The van der Waals surface area contributed by atoms with Crippen LogP contribution in [0.1, 0.15) is 23.2 Å². The van der Waals surface area contributed by atoms with Crippen molar-refractivity contribution in [3.05, 3.63) is 23.8 Å². The van der Waals surface area contributed by atoms with E-state index in [0.29, 0.717) is 36.4 Å². The van der Waals surface area contributed by atoms with Gasteiger partial charge in [0.1, 0.15) is 0 Å². The largest absolute Gasteiger partial charge is 0.493 e. The van der Waals surface area contributed by atoms with Gasteiger partial charge in [0.25, 0.3) is 5.91 Å². The number of ether oxygens (including phenoxy) is 2. The maximum absolute atomic E-state index is 12.7. The Bertz CT molecular complexity index is 690. The van der Waals surface area contributed by atoms with E-state index in [2.05, 4.69) is 0 Å². The number of aliphatic carboxylic acids is 1. The van der Waals surface area contributed by atoms with Gasteiger partial charge in [0.05, 0.1) is 32.2 Å². The van der Waals surface area contributed by atoms with Gasteiger partial charge >= 0.3 is 5.97 Å². The second-order valence-corrected chi connectivity index (χ2v) is 6.22. The number of amides is 2. The molecule has 0 aromatic heterocycles. The van der Waals surface area contributed by atoms with Crippen LogP contribution in [0.25, 0.3) is 0 Å². The number of likely N-dealkylation sites (tertiary alicyclic amines) is 1. The molecule has 8 nitrogen and oxygen atoms in total. The van der Waals surface area contributed by atoms with Gasteiger partial charge in [0.15, 0.2) is 11.5 Å². The van der Waals surface area contributed by atoms with Crippen LogP contribution in [-0.2, 0) is 9.59 Å². The van der Waals surface area contributed by atoms with Crippen molar-refractivity contribution in [1.82, 2.24) is 9.80 Å². The molecule has 1 N–H and O–H groups in total. The lowest BCUT2D eigenvalue weighted by Crippen LogP contribution is -2.46. The van der Waals surface area contributed by atoms with Gasteiger partial charge in [-0.25, -0.2) is 0 Å². The van der Waals surface area contributed by atoms with Crippen molar-refractivity contribution in [3.8, 4) is 11.5 Å². The number of hydrogen-bond acceptors (Lipinski definition) is 5. The molecule has 8 heteroatoms. The zero-order valence-corrected chi connectivity index (χ0v) is 15.2. The van der Waals surface area contributed by atoms with E-state index >= 15 is 0 Å². The smallest absolute Gasteiger partial charge is 0.308 e. The first-order valence-corrected chi connectivity index (χ1v) is 8.36. The Labute approximate surface area is 152 Å². The Morgan fingerprint density at radius 2 is 2.00 bits per heavy atom. The summed E-state index contributed by atoms with van der Waals surface area (Å²) >= 11 is 0. The molecule has 0 spiro atoms. The van der Waals surface area contributed by atoms with Crippen LogP contribution in [0, 0.1) is 5.92 Å². The second kappa shape index (κ2) is 8.55. The van der Waals surface area contributed by atoms with E-state index in [1.54, 1.807) is 18.2 Å². The van der Waals surface area contributed by atoms with E-state index in [-0.39, 0.29) is 24.9 Å². The van der Waals surface area contributed by atoms with Crippen molar-refractivity contribution in [2.24, 2.45) is 5.92 Å². The molecule has 2 amide bonds. The number of hydrogen-bond donors (Lipinski definition) is 1. The average molecular weight is 364 g/mol. The minimum Gasteiger partial charge on any atom is -0.493 e. The summed E-state index contributed by atoms with van der Waals surface area (Å²) < 4.78 is 10.5. The summed E-state index contributed by atoms with van der Waals surface area (Å²) in [6.45, 7) is 0.553. The molecular weight excluding hydrogens is 340 g/mol. The fourth-order valence-corrected chi connectivity index (χ4v) is 3.04. The Balaban J connectivity index is 2.07. The Hall–Kier alpha value is -2.77. The molecule has 0 radical (unpaired) electrons. The molecule has 1 aromatic rings. The van der Waals surface area contributed by atoms with Gasteiger partial charge in [0, 0.05) is 20.1 Å². The number of carboxylic acid groups (broad SMARTS) is 1. The summed E-state index contributed by atoms with van der Waals surface area (Å²) in [7, 11) is 4.45. The molecule has 0 aliphatic carbocycles. The number of carboxylic acids is 1. The highest BCUT2D eigenvalue weighted by Gasteiger charge is 2.29. The van der Waals surface area contributed by atoms with E-state index < -0.39 is 11.9 Å². The first-order valence-electron chi connectivity index (χ1n) is 8.36. The number of carbonyl (C=O) groups is 3. The summed E-state index contributed by atoms with van der Waals surface area (Å²) in [5, 5.41) is 9.14. The lowest BCUT2D eigenvalue weighted by atomic mass is 9.98. The van der Waals surface area contributed by atoms with Crippen molar-refractivity contribution < 1.29 is 29.0 Å². The van der Waals surface area contributed by atoms with Crippen molar-refractivity contribution in [1.29, 1.82) is 0 Å². The molecule has 142 valence electrons. The summed E-state index contributed by atoms with van der Waals surface area (Å²) in [5.41, 5.74) is 0.296. The van der Waals surface area contributed by atoms with Gasteiger partial charge in [-0.2, -0.15) is 0 Å². The molecule has 0 bridgehead atoms. The summed E-state index contributed by atoms with van der Waals surface area (Å²) in [6.07, 6.45) is 1.21. The number of carbonyl (C=O) groups excluding carboxylic acids is 2. The fourth-order valence-electron chi connectivity index (χ4n) is 3.04. The average Bonchev–Trinajstić information content (AvgIpc) is 2.66. The van der Waals surface area contributed by atoms with Crippen LogP contribution < -0.4 is 9.47 Å². The summed E-state index contributed by atoms with van der Waals surface area (Å²) in [5.74, 6) is -1.35. The monoisotopic (exact) mass is 364 g/mol. The first kappa shape index (κ1) is 19.6. The van der Waals surface area contributed by atoms with Crippen LogP contribution in [0.15, 0.2) is 18.2 Å². The van der Waals surface area contributed by atoms with Crippen LogP contribution in [-0.4, -0.2) is 73.6 Å². The van der Waals surface area contributed by atoms with E-state index in [1.807, 2.05) is 0 Å². The molecule has 1 atom stereocenters. The molecule has 1 aromatic carbocycles. The quantitative estimate of drug-likeness (QED) is 0.812. The highest BCUT2D eigenvalue weighted by atomic mass is 16.5. The molecule has 1 aliphatic rings. The number of benzene rings is 1. The topological polar surface area (TPSA) is 96.4 Å². The molecule has 1 aliphatic heterocycles. The minimum absolute atomic E-state index is 0.133. The Kier molecular flexibility index (Phi) is 6.43. The lowest BCUT2D eigenvalue weighted by molar-refractivity contribution is -0.145. The molecule has 0 saturated carbocycles. The van der Waals surface area contributed by atoms with Crippen LogP contribution in [0.2, 0.25) is 0 Å². The lowest BCUT2D eigenvalue weighted by Gasteiger charge is -2.32. The number of methoxy groups -OCH3 is 2. The van der Waals surface area contributed by atoms with E-state index in [4.69, 9.17) is 14.6 Å². The van der Waals surface area contributed by atoms with E-state index in [9.17, 15) is 14.4 Å². The van der Waals surface area contributed by atoms with Gasteiger partial charge in [-0.1, -0.05) is 6.07 Å². The van der Waals surface area contributed by atoms with Crippen molar-refractivity contribution in [3.63, 3.8) is 0 Å². The predicted molar refractivity (Wildman–Crippen MR) is 93.4 cm³/mol. The number of para-hydroxylation sites is 1. The van der Waals surface area contributed by atoms with Gasteiger partial charge in [-0.05, 0) is 25.0 Å². The molecular formula is C18H24N2O6. The van der Waals surface area contributed by atoms with Crippen LogP contribution in [0.4, 0.5) is 0 Å². The van der Waals surface area contributed by atoms with E-state index in [0.717, 1.165) is 0 Å². The minimum atomic E-state index is -0.895. The molecule has 26 heavy (non-hydrogen) atoms. The zero-order valence-electron chi connectivity index (χ0n) is 15.2. The number of nitrogens with zero attached hydrogens (tertiary/aromatic N) is 2. The van der Waals surface area contributed by atoms with Crippen LogP contribution >= 0.6 is 0 Å². The van der Waals surface area contributed by atoms with Crippen molar-refractivity contribution >= 4 is 17.8 Å². The third-order valence-corrected chi connectivity index (χ3v) is 4.48. The molecule has 1 saturated heterocycles. The molecule has 1 heterocycles. The third kappa shape index (κ3) is 4.25. The van der Waals surface area contributed by atoms with Gasteiger partial charge in [0.2, 0.25) is 5.91 Å². The maximum Gasteiger partial charge on any atom is 0.308 e. The van der Waals surface area contributed by atoms with Crippen LogP contribution in [0.3, 0.4) is 0 Å².